The molecule has 0 atom stereocenters. The SMILES string of the molecule is CC(C)OCc1c(C(=O)NCCNC(=O)c2ccc(Cl)c(Cl)c2)oc2ccccc12. The minimum absolute atomic E-state index is 0.0196. The molecule has 158 valence electrons. The summed E-state index contributed by atoms with van der Waals surface area (Å²) in [6, 6.07) is 12.1. The Labute approximate surface area is 184 Å². The molecule has 0 bridgehead atoms. The van der Waals surface area contributed by atoms with E-state index in [2.05, 4.69) is 10.6 Å². The van der Waals surface area contributed by atoms with Gasteiger partial charge < -0.3 is 19.8 Å². The number of carbonyl (C=O) groups is 2. The largest absolute Gasteiger partial charge is 0.451 e. The van der Waals surface area contributed by atoms with E-state index in [1.807, 2.05) is 38.1 Å². The van der Waals surface area contributed by atoms with Crippen LogP contribution in [0.3, 0.4) is 0 Å². The van der Waals surface area contributed by atoms with Crippen molar-refractivity contribution in [1.82, 2.24) is 10.6 Å². The van der Waals surface area contributed by atoms with Gasteiger partial charge in [0, 0.05) is 29.6 Å². The average Bonchev–Trinajstić information content (AvgIpc) is 3.10. The molecule has 0 aliphatic carbocycles. The Hall–Kier alpha value is -2.54. The molecule has 30 heavy (non-hydrogen) atoms. The molecule has 0 fully saturated rings. The zero-order valence-corrected chi connectivity index (χ0v) is 18.1. The van der Waals surface area contributed by atoms with Gasteiger partial charge in [0.25, 0.3) is 11.8 Å². The summed E-state index contributed by atoms with van der Waals surface area (Å²) in [5, 5.41) is 7.01. The predicted octanol–water partition coefficient (Wildman–Crippen LogP) is 4.82. The molecule has 2 aromatic carbocycles. The average molecular weight is 449 g/mol. The van der Waals surface area contributed by atoms with Crippen LogP contribution in [-0.2, 0) is 11.3 Å². The van der Waals surface area contributed by atoms with E-state index < -0.39 is 0 Å². The van der Waals surface area contributed by atoms with Crippen LogP contribution in [0.4, 0.5) is 0 Å². The van der Waals surface area contributed by atoms with Crippen molar-refractivity contribution in [2.75, 3.05) is 13.1 Å². The summed E-state index contributed by atoms with van der Waals surface area (Å²) in [4.78, 5) is 24.9. The molecule has 0 spiro atoms. The van der Waals surface area contributed by atoms with Crippen LogP contribution in [0.25, 0.3) is 11.0 Å². The molecule has 3 aromatic rings. The van der Waals surface area contributed by atoms with Gasteiger partial charge in [0.15, 0.2) is 5.76 Å². The number of fused-ring (bicyclic) bond motifs is 1. The molecule has 2 amide bonds. The van der Waals surface area contributed by atoms with E-state index in [-0.39, 0.29) is 43.4 Å². The van der Waals surface area contributed by atoms with Gasteiger partial charge in [0.2, 0.25) is 0 Å². The number of amides is 2. The van der Waals surface area contributed by atoms with Crippen LogP contribution >= 0.6 is 23.2 Å². The second kappa shape index (κ2) is 9.98. The monoisotopic (exact) mass is 448 g/mol. The van der Waals surface area contributed by atoms with Gasteiger partial charge in [-0.25, -0.2) is 0 Å². The third-order valence-corrected chi connectivity index (χ3v) is 5.08. The summed E-state index contributed by atoms with van der Waals surface area (Å²) < 4.78 is 11.5. The normalized spacial score (nSPS) is 11.1. The highest BCUT2D eigenvalue weighted by Gasteiger charge is 2.20. The van der Waals surface area contributed by atoms with Crippen molar-refractivity contribution in [3.05, 3.63) is 69.4 Å². The molecule has 0 unspecified atom stereocenters. The summed E-state index contributed by atoms with van der Waals surface area (Å²) in [5.41, 5.74) is 1.72. The summed E-state index contributed by atoms with van der Waals surface area (Å²) in [6.07, 6.45) is 0.0196. The van der Waals surface area contributed by atoms with Crippen LogP contribution in [-0.4, -0.2) is 31.0 Å². The second-order valence-electron chi connectivity index (χ2n) is 6.91. The smallest absolute Gasteiger partial charge is 0.287 e. The molecular formula is C22H22Cl2N2O4. The Morgan fingerprint density at radius 1 is 1.00 bits per heavy atom. The molecule has 0 saturated heterocycles. The number of carbonyl (C=O) groups excluding carboxylic acids is 2. The second-order valence-corrected chi connectivity index (χ2v) is 7.72. The predicted molar refractivity (Wildman–Crippen MR) is 117 cm³/mol. The number of nitrogens with one attached hydrogen (secondary N) is 2. The molecule has 6 nitrogen and oxygen atoms in total. The lowest BCUT2D eigenvalue weighted by Gasteiger charge is -2.09. The number of rotatable bonds is 8. The van der Waals surface area contributed by atoms with E-state index in [1.165, 1.54) is 6.07 Å². The van der Waals surface area contributed by atoms with Gasteiger partial charge in [0.1, 0.15) is 5.58 Å². The number of furan rings is 1. The number of halogens is 2. The van der Waals surface area contributed by atoms with Crippen molar-refractivity contribution in [3.63, 3.8) is 0 Å². The van der Waals surface area contributed by atoms with Crippen molar-refractivity contribution in [2.24, 2.45) is 0 Å². The van der Waals surface area contributed by atoms with Gasteiger partial charge in [-0.15, -0.1) is 0 Å². The molecular weight excluding hydrogens is 427 g/mol. The van der Waals surface area contributed by atoms with Gasteiger partial charge in [-0.05, 0) is 38.1 Å². The highest BCUT2D eigenvalue weighted by Crippen LogP contribution is 2.27. The number of hydrogen-bond acceptors (Lipinski definition) is 4. The first kappa shape index (κ1) is 22.2. The van der Waals surface area contributed by atoms with E-state index in [4.69, 9.17) is 32.4 Å². The number of benzene rings is 2. The number of para-hydroxylation sites is 1. The van der Waals surface area contributed by atoms with Crippen molar-refractivity contribution in [1.29, 1.82) is 0 Å². The molecule has 0 aliphatic heterocycles. The fraction of sp³-hybridized carbons (Fsp3) is 0.273. The van der Waals surface area contributed by atoms with Gasteiger partial charge in [-0.3, -0.25) is 9.59 Å². The fourth-order valence-corrected chi connectivity index (χ4v) is 3.15. The maximum Gasteiger partial charge on any atom is 0.287 e. The third-order valence-electron chi connectivity index (χ3n) is 4.34. The molecule has 2 N–H and O–H groups in total. The minimum atomic E-state index is -0.364. The van der Waals surface area contributed by atoms with Gasteiger partial charge >= 0.3 is 0 Å². The van der Waals surface area contributed by atoms with Crippen LogP contribution in [0.5, 0.6) is 0 Å². The lowest BCUT2D eigenvalue weighted by atomic mass is 10.1. The maximum absolute atomic E-state index is 12.7. The van der Waals surface area contributed by atoms with Crippen LogP contribution in [0, 0.1) is 0 Å². The summed E-state index contributed by atoms with van der Waals surface area (Å²) in [6.45, 7) is 4.60. The Morgan fingerprint density at radius 3 is 2.40 bits per heavy atom. The highest BCUT2D eigenvalue weighted by molar-refractivity contribution is 6.42. The first-order valence-electron chi connectivity index (χ1n) is 9.50. The molecule has 8 heteroatoms. The van der Waals surface area contributed by atoms with Gasteiger partial charge in [0.05, 0.1) is 22.8 Å². The van der Waals surface area contributed by atoms with Gasteiger partial charge in [-0.1, -0.05) is 41.4 Å². The molecule has 0 aliphatic rings. The van der Waals surface area contributed by atoms with Crippen molar-refractivity contribution in [2.45, 2.75) is 26.6 Å². The highest BCUT2D eigenvalue weighted by atomic mass is 35.5. The zero-order chi connectivity index (χ0) is 21.7. The summed E-state index contributed by atoms with van der Waals surface area (Å²) in [5.74, 6) is -0.456. The fourth-order valence-electron chi connectivity index (χ4n) is 2.85. The quantitative estimate of drug-likeness (QED) is 0.483. The van der Waals surface area contributed by atoms with Gasteiger partial charge in [-0.2, -0.15) is 0 Å². The maximum atomic E-state index is 12.7. The minimum Gasteiger partial charge on any atom is -0.451 e. The van der Waals surface area contributed by atoms with Crippen molar-refractivity contribution in [3.8, 4) is 0 Å². The zero-order valence-electron chi connectivity index (χ0n) is 16.6. The Kier molecular flexibility index (Phi) is 7.37. The number of ether oxygens (including phenoxy) is 1. The third kappa shape index (κ3) is 5.33. The van der Waals surface area contributed by atoms with E-state index in [0.29, 0.717) is 26.8 Å². The summed E-state index contributed by atoms with van der Waals surface area (Å²) >= 11 is 11.8. The molecule has 1 aromatic heterocycles. The molecule has 1 heterocycles. The first-order chi connectivity index (χ1) is 14.4. The Balaban J connectivity index is 1.60. The van der Waals surface area contributed by atoms with Crippen LogP contribution in [0.1, 0.15) is 40.3 Å². The van der Waals surface area contributed by atoms with E-state index in [1.54, 1.807) is 12.1 Å². The Morgan fingerprint density at radius 2 is 1.70 bits per heavy atom. The van der Waals surface area contributed by atoms with E-state index >= 15 is 0 Å². The first-order valence-corrected chi connectivity index (χ1v) is 10.3. The van der Waals surface area contributed by atoms with Crippen molar-refractivity contribution >= 4 is 46.0 Å². The number of hydrogen-bond donors (Lipinski definition) is 2. The summed E-state index contributed by atoms with van der Waals surface area (Å²) in [7, 11) is 0. The Bertz CT molecular complexity index is 1060. The molecule has 0 radical (unpaired) electrons. The van der Waals surface area contributed by atoms with Crippen molar-refractivity contribution < 1.29 is 18.7 Å². The van der Waals surface area contributed by atoms with Crippen LogP contribution < -0.4 is 10.6 Å². The topological polar surface area (TPSA) is 80.6 Å². The molecule has 3 rings (SSSR count). The molecule has 0 saturated carbocycles. The standard InChI is InChI=1S/C22H22Cl2N2O4/c1-13(2)29-12-16-15-5-3-4-6-19(15)30-20(16)22(28)26-10-9-25-21(27)14-7-8-17(23)18(24)11-14/h3-8,11,13H,9-10,12H2,1-2H3,(H,25,27)(H,26,28). The lowest BCUT2D eigenvalue weighted by molar-refractivity contribution is 0.0643. The van der Waals surface area contributed by atoms with E-state index in [9.17, 15) is 9.59 Å². The van der Waals surface area contributed by atoms with Crippen LogP contribution in [0.2, 0.25) is 10.0 Å². The van der Waals surface area contributed by atoms with Crippen LogP contribution in [0.15, 0.2) is 46.9 Å². The van der Waals surface area contributed by atoms with E-state index in [0.717, 1.165) is 5.39 Å². The lowest BCUT2D eigenvalue weighted by Crippen LogP contribution is -2.34.